The summed E-state index contributed by atoms with van der Waals surface area (Å²) in [6.07, 6.45) is 5.67. The first-order valence-corrected chi connectivity index (χ1v) is 13.6. The number of hydrogen-bond donors (Lipinski definition) is 1. The molecule has 202 valence electrons. The van der Waals surface area contributed by atoms with Crippen molar-refractivity contribution in [2.24, 2.45) is 0 Å². The van der Waals surface area contributed by atoms with Crippen LogP contribution in [0, 0.1) is 0 Å². The van der Waals surface area contributed by atoms with Gasteiger partial charge < -0.3 is 24.4 Å². The first-order chi connectivity index (χ1) is 18.0. The van der Waals surface area contributed by atoms with E-state index in [-0.39, 0.29) is 24.3 Å². The van der Waals surface area contributed by atoms with Crippen LogP contribution in [0.4, 0.5) is 0 Å². The topological polar surface area (TPSA) is 77.1 Å². The molecule has 7 nitrogen and oxygen atoms in total. The van der Waals surface area contributed by atoms with Crippen LogP contribution in [0.5, 0.6) is 17.2 Å². The Hall–Kier alpha value is -3.22. The van der Waals surface area contributed by atoms with E-state index in [4.69, 9.17) is 14.2 Å². The number of nitrogens with one attached hydrogen (secondary N) is 1. The zero-order valence-corrected chi connectivity index (χ0v) is 22.8. The maximum atomic E-state index is 13.7. The molecule has 1 saturated carbocycles. The van der Waals surface area contributed by atoms with Gasteiger partial charge in [-0.05, 0) is 74.9 Å². The van der Waals surface area contributed by atoms with Crippen molar-refractivity contribution in [1.29, 1.82) is 0 Å². The van der Waals surface area contributed by atoms with Gasteiger partial charge in [-0.25, -0.2) is 0 Å². The summed E-state index contributed by atoms with van der Waals surface area (Å²) >= 11 is 0. The SMILES string of the molecule is CCOc1ccc(CCC(=O)N(Cc2cccc(OC)c2)[C@@H](CC)C(=O)NC2CCCC2)cc1OCC. The quantitative estimate of drug-likeness (QED) is 0.374. The average molecular weight is 511 g/mol. The van der Waals surface area contributed by atoms with Crippen LogP contribution in [0.25, 0.3) is 0 Å². The Morgan fingerprint density at radius 1 is 0.973 bits per heavy atom. The molecule has 1 aliphatic carbocycles. The standard InChI is InChI=1S/C30H42N2O5/c1-5-26(30(34)31-24-12-8-9-13-24)32(21-23-11-10-14-25(19-23)35-4)29(33)18-16-22-15-17-27(36-6-2)28(20-22)37-7-3/h10-11,14-15,17,19-20,24,26H,5-9,12-13,16,18,21H2,1-4H3,(H,31,34)/t26-/m0/s1. The van der Waals surface area contributed by atoms with E-state index in [1.807, 2.05) is 63.2 Å². The van der Waals surface area contributed by atoms with E-state index < -0.39 is 6.04 Å². The summed E-state index contributed by atoms with van der Waals surface area (Å²) in [7, 11) is 1.62. The lowest BCUT2D eigenvalue weighted by Gasteiger charge is -2.31. The van der Waals surface area contributed by atoms with E-state index in [9.17, 15) is 9.59 Å². The molecular formula is C30H42N2O5. The van der Waals surface area contributed by atoms with Gasteiger partial charge in [-0.2, -0.15) is 0 Å². The normalized spacial score (nSPS) is 14.2. The number of carbonyl (C=O) groups is 2. The van der Waals surface area contributed by atoms with Crippen LogP contribution in [0.3, 0.4) is 0 Å². The summed E-state index contributed by atoms with van der Waals surface area (Å²) in [4.78, 5) is 28.7. The second-order valence-electron chi connectivity index (χ2n) is 9.43. The number of aryl methyl sites for hydroxylation is 1. The molecule has 1 N–H and O–H groups in total. The van der Waals surface area contributed by atoms with Gasteiger partial charge in [0, 0.05) is 19.0 Å². The highest BCUT2D eigenvalue weighted by Crippen LogP contribution is 2.29. The smallest absolute Gasteiger partial charge is 0.243 e. The molecule has 0 aliphatic heterocycles. The third-order valence-electron chi connectivity index (χ3n) is 6.81. The lowest BCUT2D eigenvalue weighted by atomic mass is 10.0. The second-order valence-corrected chi connectivity index (χ2v) is 9.43. The molecule has 0 radical (unpaired) electrons. The summed E-state index contributed by atoms with van der Waals surface area (Å²) < 4.78 is 16.8. The van der Waals surface area contributed by atoms with Crippen molar-refractivity contribution in [1.82, 2.24) is 10.2 Å². The minimum absolute atomic E-state index is 0.0527. The van der Waals surface area contributed by atoms with Gasteiger partial charge in [0.1, 0.15) is 11.8 Å². The summed E-state index contributed by atoms with van der Waals surface area (Å²) in [5, 5.41) is 3.20. The van der Waals surface area contributed by atoms with E-state index in [1.54, 1.807) is 12.0 Å². The number of hydrogen-bond acceptors (Lipinski definition) is 5. The fourth-order valence-corrected chi connectivity index (χ4v) is 4.90. The fourth-order valence-electron chi connectivity index (χ4n) is 4.90. The molecule has 1 aliphatic rings. The van der Waals surface area contributed by atoms with Gasteiger partial charge in [-0.15, -0.1) is 0 Å². The van der Waals surface area contributed by atoms with Crippen molar-refractivity contribution in [2.45, 2.75) is 84.3 Å². The molecule has 2 aromatic rings. The van der Waals surface area contributed by atoms with Gasteiger partial charge in [0.25, 0.3) is 0 Å². The molecule has 0 spiro atoms. The maximum absolute atomic E-state index is 13.7. The van der Waals surface area contributed by atoms with Gasteiger partial charge in [0.05, 0.1) is 20.3 Å². The molecule has 0 saturated heterocycles. The number of benzene rings is 2. The largest absolute Gasteiger partial charge is 0.497 e. The van der Waals surface area contributed by atoms with Crippen molar-refractivity contribution in [3.8, 4) is 17.2 Å². The number of rotatable bonds is 14. The van der Waals surface area contributed by atoms with Crippen molar-refractivity contribution < 1.29 is 23.8 Å². The molecule has 3 rings (SSSR count). The van der Waals surface area contributed by atoms with E-state index in [0.717, 1.165) is 42.6 Å². The summed E-state index contributed by atoms with van der Waals surface area (Å²) in [6.45, 7) is 7.27. The number of carbonyl (C=O) groups excluding carboxylic acids is 2. The van der Waals surface area contributed by atoms with Gasteiger partial charge >= 0.3 is 0 Å². The minimum Gasteiger partial charge on any atom is -0.497 e. The Bertz CT molecular complexity index is 1020. The van der Waals surface area contributed by atoms with E-state index in [1.165, 1.54) is 0 Å². The molecule has 2 aromatic carbocycles. The van der Waals surface area contributed by atoms with Crippen molar-refractivity contribution in [3.63, 3.8) is 0 Å². The third-order valence-corrected chi connectivity index (χ3v) is 6.81. The predicted molar refractivity (Wildman–Crippen MR) is 145 cm³/mol. The Labute approximate surface area is 221 Å². The van der Waals surface area contributed by atoms with Crippen LogP contribution < -0.4 is 19.5 Å². The molecular weight excluding hydrogens is 468 g/mol. The van der Waals surface area contributed by atoms with Crippen LogP contribution in [0.2, 0.25) is 0 Å². The Balaban J connectivity index is 1.78. The zero-order valence-electron chi connectivity index (χ0n) is 22.8. The van der Waals surface area contributed by atoms with E-state index in [0.29, 0.717) is 44.1 Å². The third kappa shape index (κ3) is 8.14. The van der Waals surface area contributed by atoms with Crippen molar-refractivity contribution in [3.05, 3.63) is 53.6 Å². The Kier molecular flexibility index (Phi) is 11.1. The molecule has 0 aromatic heterocycles. The summed E-state index contributed by atoms with van der Waals surface area (Å²) in [6, 6.07) is 13.2. The molecule has 1 fully saturated rings. The number of methoxy groups -OCH3 is 1. The van der Waals surface area contributed by atoms with Crippen molar-refractivity contribution >= 4 is 11.8 Å². The lowest BCUT2D eigenvalue weighted by molar-refractivity contribution is -0.141. The van der Waals surface area contributed by atoms with Crippen molar-refractivity contribution in [2.75, 3.05) is 20.3 Å². The molecule has 2 amide bonds. The predicted octanol–water partition coefficient (Wildman–Crippen LogP) is 5.29. The first-order valence-electron chi connectivity index (χ1n) is 13.6. The number of amides is 2. The maximum Gasteiger partial charge on any atom is 0.243 e. The minimum atomic E-state index is -0.529. The van der Waals surface area contributed by atoms with Gasteiger partial charge in [0.15, 0.2) is 11.5 Å². The fraction of sp³-hybridized carbons (Fsp3) is 0.533. The molecule has 7 heteroatoms. The molecule has 0 unspecified atom stereocenters. The van der Waals surface area contributed by atoms with Crippen LogP contribution in [0.15, 0.2) is 42.5 Å². The van der Waals surface area contributed by atoms with Crippen LogP contribution in [-0.4, -0.2) is 49.1 Å². The average Bonchev–Trinajstić information content (AvgIpc) is 3.42. The first kappa shape index (κ1) is 28.4. The summed E-state index contributed by atoms with van der Waals surface area (Å²) in [5.41, 5.74) is 1.92. The molecule has 0 bridgehead atoms. The highest BCUT2D eigenvalue weighted by atomic mass is 16.5. The molecule has 37 heavy (non-hydrogen) atoms. The summed E-state index contributed by atoms with van der Waals surface area (Å²) in [5.74, 6) is 2.00. The molecule has 0 heterocycles. The number of nitrogens with zero attached hydrogens (tertiary/aromatic N) is 1. The Morgan fingerprint density at radius 2 is 1.70 bits per heavy atom. The highest BCUT2D eigenvalue weighted by Gasteiger charge is 2.30. The van der Waals surface area contributed by atoms with Gasteiger partial charge in [0.2, 0.25) is 11.8 Å². The monoisotopic (exact) mass is 510 g/mol. The lowest BCUT2D eigenvalue weighted by Crippen LogP contribution is -2.51. The van der Waals surface area contributed by atoms with E-state index in [2.05, 4.69) is 5.32 Å². The molecule has 1 atom stereocenters. The van der Waals surface area contributed by atoms with Gasteiger partial charge in [-0.1, -0.05) is 38.0 Å². The second kappa shape index (κ2) is 14.5. The van der Waals surface area contributed by atoms with E-state index >= 15 is 0 Å². The van der Waals surface area contributed by atoms with Crippen LogP contribution >= 0.6 is 0 Å². The number of ether oxygens (including phenoxy) is 3. The highest BCUT2D eigenvalue weighted by molar-refractivity contribution is 5.88. The van der Waals surface area contributed by atoms with Crippen LogP contribution in [-0.2, 0) is 22.6 Å². The zero-order chi connectivity index (χ0) is 26.6. The van der Waals surface area contributed by atoms with Gasteiger partial charge in [-0.3, -0.25) is 9.59 Å². The Morgan fingerprint density at radius 3 is 2.38 bits per heavy atom. The van der Waals surface area contributed by atoms with Crippen LogP contribution in [0.1, 0.15) is 70.4 Å².